The zero-order chi connectivity index (χ0) is 25.2. The van der Waals surface area contributed by atoms with E-state index in [1.54, 1.807) is 12.0 Å². The van der Waals surface area contributed by atoms with Crippen molar-refractivity contribution >= 4 is 17.3 Å². The van der Waals surface area contributed by atoms with Crippen LogP contribution in [0.3, 0.4) is 0 Å². The molecule has 1 aliphatic heterocycles. The van der Waals surface area contributed by atoms with Gasteiger partial charge in [-0.2, -0.15) is 4.98 Å². The number of carbonyl (C=O) groups excluding carboxylic acids is 1. The third-order valence-electron chi connectivity index (χ3n) is 6.44. The monoisotopic (exact) mass is 480 g/mol. The van der Waals surface area contributed by atoms with Gasteiger partial charge in [-0.15, -0.1) is 0 Å². The summed E-state index contributed by atoms with van der Waals surface area (Å²) in [4.78, 5) is 19.9. The molecule has 1 atom stereocenters. The Hall–Kier alpha value is -4.39. The van der Waals surface area contributed by atoms with Crippen molar-refractivity contribution in [1.29, 1.82) is 0 Å². The van der Waals surface area contributed by atoms with Crippen molar-refractivity contribution in [1.82, 2.24) is 15.5 Å². The van der Waals surface area contributed by atoms with Crippen LogP contribution in [0.1, 0.15) is 42.5 Å². The number of ether oxygens (including phenoxy) is 1. The van der Waals surface area contributed by atoms with Crippen LogP contribution in [0.5, 0.6) is 5.75 Å². The van der Waals surface area contributed by atoms with Gasteiger partial charge in [0.1, 0.15) is 5.75 Å². The number of aromatic nitrogens is 2. The Morgan fingerprint density at radius 3 is 2.53 bits per heavy atom. The molecule has 5 rings (SSSR count). The fraction of sp³-hybridized carbons (Fsp3) is 0.207. The summed E-state index contributed by atoms with van der Waals surface area (Å²) < 4.78 is 11.1. The van der Waals surface area contributed by atoms with Crippen molar-refractivity contribution in [3.05, 3.63) is 101 Å². The van der Waals surface area contributed by atoms with Crippen LogP contribution in [0.2, 0.25) is 0 Å². The molecule has 0 fully saturated rings. The van der Waals surface area contributed by atoms with Gasteiger partial charge in [-0.25, -0.2) is 4.79 Å². The van der Waals surface area contributed by atoms with E-state index in [4.69, 9.17) is 14.2 Å². The number of benzene rings is 3. The molecule has 7 heteroatoms. The molecule has 2 amide bonds. The van der Waals surface area contributed by atoms with Crippen LogP contribution in [0, 0.1) is 6.92 Å². The van der Waals surface area contributed by atoms with Crippen LogP contribution in [0.15, 0.2) is 83.0 Å². The molecule has 7 nitrogen and oxygen atoms in total. The number of hydrogen-bond acceptors (Lipinski definition) is 5. The van der Waals surface area contributed by atoms with Crippen molar-refractivity contribution in [3.8, 4) is 17.1 Å². The molecule has 1 N–H and O–H groups in total. The first-order valence-corrected chi connectivity index (χ1v) is 11.9. The second-order valence-corrected chi connectivity index (χ2v) is 8.81. The highest BCUT2D eigenvalue weighted by Gasteiger charge is 2.36. The van der Waals surface area contributed by atoms with Gasteiger partial charge in [0.15, 0.2) is 0 Å². The molecule has 0 aliphatic carbocycles. The smallest absolute Gasteiger partial charge is 0.326 e. The van der Waals surface area contributed by atoms with E-state index in [0.717, 1.165) is 51.4 Å². The van der Waals surface area contributed by atoms with Gasteiger partial charge < -0.3 is 14.6 Å². The largest absolute Gasteiger partial charge is 0.497 e. The van der Waals surface area contributed by atoms with Crippen LogP contribution in [0.25, 0.3) is 17.0 Å². The first kappa shape index (κ1) is 23.4. The molecule has 182 valence electrons. The lowest BCUT2D eigenvalue weighted by Gasteiger charge is -2.35. The minimum Gasteiger partial charge on any atom is -0.497 e. The van der Waals surface area contributed by atoms with Gasteiger partial charge in [-0.3, -0.25) is 4.90 Å². The van der Waals surface area contributed by atoms with Gasteiger partial charge >= 0.3 is 6.03 Å². The number of methoxy groups -OCH3 is 1. The Morgan fingerprint density at radius 2 is 1.81 bits per heavy atom. The van der Waals surface area contributed by atoms with Crippen LogP contribution in [-0.2, 0) is 6.42 Å². The van der Waals surface area contributed by atoms with Gasteiger partial charge in [0, 0.05) is 11.3 Å². The zero-order valence-electron chi connectivity index (χ0n) is 20.8. The van der Waals surface area contributed by atoms with Crippen molar-refractivity contribution in [2.45, 2.75) is 33.2 Å². The van der Waals surface area contributed by atoms with Gasteiger partial charge in [-0.05, 0) is 61.7 Å². The van der Waals surface area contributed by atoms with E-state index >= 15 is 0 Å². The molecule has 2 heterocycles. The number of nitrogens with zero attached hydrogens (tertiary/aromatic N) is 3. The lowest BCUT2D eigenvalue weighted by molar-refractivity contribution is 0.244. The highest BCUT2D eigenvalue weighted by atomic mass is 16.5. The van der Waals surface area contributed by atoms with Gasteiger partial charge in [0.05, 0.1) is 24.4 Å². The Morgan fingerprint density at radius 1 is 1.03 bits per heavy atom. The second kappa shape index (κ2) is 9.70. The number of anilines is 1. The van der Waals surface area contributed by atoms with Crippen LogP contribution < -0.4 is 15.0 Å². The highest BCUT2D eigenvalue weighted by molar-refractivity contribution is 6.01. The number of hydrogen-bond donors (Lipinski definition) is 1. The maximum absolute atomic E-state index is 13.4. The second-order valence-electron chi connectivity index (χ2n) is 8.81. The first-order valence-electron chi connectivity index (χ1n) is 11.9. The Balaban J connectivity index is 1.65. The zero-order valence-corrected chi connectivity index (χ0v) is 20.8. The summed E-state index contributed by atoms with van der Waals surface area (Å²) in [7, 11) is 1.63. The normalized spacial score (nSPS) is 15.7. The number of carbonyl (C=O) groups is 1. The summed E-state index contributed by atoms with van der Waals surface area (Å²) in [6.45, 7) is 6.03. The van der Waals surface area contributed by atoms with Crippen LogP contribution in [-0.4, -0.2) is 23.3 Å². The number of rotatable bonds is 6. The van der Waals surface area contributed by atoms with Crippen LogP contribution >= 0.6 is 0 Å². The number of nitrogens with one attached hydrogen (secondary N) is 1. The first-order chi connectivity index (χ1) is 17.5. The van der Waals surface area contributed by atoms with Crippen molar-refractivity contribution < 1.29 is 14.1 Å². The fourth-order valence-electron chi connectivity index (χ4n) is 4.53. The summed E-state index contributed by atoms with van der Waals surface area (Å²) in [6, 6.07) is 22.9. The lowest BCUT2D eigenvalue weighted by atomic mass is 9.94. The molecule has 1 unspecified atom stereocenters. The van der Waals surface area contributed by atoms with E-state index in [1.165, 1.54) is 0 Å². The maximum atomic E-state index is 13.4. The third-order valence-corrected chi connectivity index (χ3v) is 6.44. The molecule has 3 aromatic carbocycles. The van der Waals surface area contributed by atoms with Gasteiger partial charge in [-0.1, -0.05) is 60.1 Å². The van der Waals surface area contributed by atoms with E-state index in [0.29, 0.717) is 11.7 Å². The van der Waals surface area contributed by atoms with Crippen molar-refractivity contribution in [2.75, 3.05) is 12.0 Å². The summed E-state index contributed by atoms with van der Waals surface area (Å²) >= 11 is 0. The molecular formula is C29H28N4O3. The number of amides is 2. The maximum Gasteiger partial charge on any atom is 0.326 e. The Labute approximate surface area is 210 Å². The molecule has 36 heavy (non-hydrogen) atoms. The summed E-state index contributed by atoms with van der Waals surface area (Å²) in [6.07, 6.45) is 0.872. The number of allylic oxidation sites excluding steroid dienone is 1. The van der Waals surface area contributed by atoms with Crippen molar-refractivity contribution in [3.63, 3.8) is 0 Å². The Kier molecular flexibility index (Phi) is 6.29. The SMILES string of the molecule is CCc1cccc(N2C(=O)NC(c3ccc(OC)cc3)C(c3nc(-c4cccc(C)c4)no3)=C2C)c1. The van der Waals surface area contributed by atoms with Crippen molar-refractivity contribution in [2.24, 2.45) is 0 Å². The third kappa shape index (κ3) is 4.35. The minimum atomic E-state index is -0.472. The summed E-state index contributed by atoms with van der Waals surface area (Å²) in [5, 5.41) is 7.42. The average Bonchev–Trinajstić information content (AvgIpc) is 3.38. The van der Waals surface area contributed by atoms with Gasteiger partial charge in [0.25, 0.3) is 5.89 Å². The molecule has 1 aromatic heterocycles. The molecular weight excluding hydrogens is 452 g/mol. The predicted octanol–water partition coefficient (Wildman–Crippen LogP) is 6.32. The summed E-state index contributed by atoms with van der Waals surface area (Å²) in [5.74, 6) is 1.60. The van der Waals surface area contributed by atoms with E-state index < -0.39 is 6.04 Å². The lowest BCUT2D eigenvalue weighted by Crippen LogP contribution is -2.46. The fourth-order valence-corrected chi connectivity index (χ4v) is 4.53. The molecule has 0 spiro atoms. The number of urea groups is 1. The molecule has 0 saturated heterocycles. The quantitative estimate of drug-likeness (QED) is 0.349. The topological polar surface area (TPSA) is 80.5 Å². The summed E-state index contributed by atoms with van der Waals surface area (Å²) in [5.41, 5.74) is 6.27. The molecule has 4 aromatic rings. The van der Waals surface area contributed by atoms with E-state index in [1.807, 2.05) is 80.6 Å². The van der Waals surface area contributed by atoms with Gasteiger partial charge in [0.2, 0.25) is 5.82 Å². The predicted molar refractivity (Wildman–Crippen MR) is 140 cm³/mol. The molecule has 0 bridgehead atoms. The molecule has 0 saturated carbocycles. The van der Waals surface area contributed by atoms with E-state index in [2.05, 4.69) is 23.5 Å². The minimum absolute atomic E-state index is 0.219. The van der Waals surface area contributed by atoms with E-state index in [-0.39, 0.29) is 6.03 Å². The molecule has 1 aliphatic rings. The number of aryl methyl sites for hydroxylation is 2. The van der Waals surface area contributed by atoms with Crippen LogP contribution in [0.4, 0.5) is 10.5 Å². The highest BCUT2D eigenvalue weighted by Crippen LogP contribution is 2.39. The standard InChI is InChI=1S/C29H28N4O3/c1-5-20-9-7-11-23(17-20)33-19(3)25(26(30-29(33)34)21-12-14-24(35-4)15-13-21)28-31-27(32-36-28)22-10-6-8-18(2)16-22/h6-17,26H,5H2,1-4H3,(H,30,34). The molecule has 0 radical (unpaired) electrons. The van der Waals surface area contributed by atoms with E-state index in [9.17, 15) is 4.79 Å². The average molecular weight is 481 g/mol. The Bertz CT molecular complexity index is 1440.